The van der Waals surface area contributed by atoms with Crippen LogP contribution in [-0.4, -0.2) is 36.3 Å². The zero-order valence-corrected chi connectivity index (χ0v) is 9.06. The minimum atomic E-state index is -0.568. The molecule has 0 fully saturated rings. The van der Waals surface area contributed by atoms with E-state index in [1.807, 2.05) is 6.07 Å². The normalized spacial score (nSPS) is 8.64. The molecule has 0 heterocycles. The number of amides is 1. The van der Waals surface area contributed by atoms with E-state index in [9.17, 15) is 4.79 Å². The van der Waals surface area contributed by atoms with Crippen LogP contribution in [0.2, 0.25) is 0 Å². The van der Waals surface area contributed by atoms with E-state index in [1.165, 1.54) is 0 Å². The van der Waals surface area contributed by atoms with E-state index < -0.39 is 6.09 Å². The number of nitriles is 1. The summed E-state index contributed by atoms with van der Waals surface area (Å²) < 4.78 is 4.64. The van der Waals surface area contributed by atoms with E-state index in [0.717, 1.165) is 0 Å². The van der Waals surface area contributed by atoms with Crippen molar-refractivity contribution in [3.8, 4) is 6.07 Å². The molecule has 14 heavy (non-hydrogen) atoms. The smallest absolute Gasteiger partial charge is 0.413 e. The number of hydrogen-bond acceptors (Lipinski definition) is 4. The Kier molecular flexibility index (Phi) is 6.41. The van der Waals surface area contributed by atoms with Gasteiger partial charge in [-0.2, -0.15) is 5.26 Å². The molecule has 0 aliphatic carbocycles. The van der Waals surface area contributed by atoms with Gasteiger partial charge >= 0.3 is 6.09 Å². The first-order chi connectivity index (χ1) is 6.61. The third-order valence-corrected chi connectivity index (χ3v) is 1.80. The van der Waals surface area contributed by atoms with Gasteiger partial charge in [-0.15, -0.1) is 0 Å². The first kappa shape index (κ1) is 12.7. The lowest BCUT2D eigenvalue weighted by atomic mass is 10.4. The predicted octanol–water partition coefficient (Wildman–Crippen LogP) is 0.863. The van der Waals surface area contributed by atoms with Crippen LogP contribution in [0, 0.1) is 11.3 Å². The molecule has 0 aromatic heterocycles. The number of thiocarbonyl (C=S) groups is 1. The number of nitrogens with one attached hydrogen (secondary N) is 1. The average Bonchev–Trinajstić information content (AvgIpc) is 2.14. The maximum Gasteiger partial charge on any atom is 0.413 e. The molecule has 0 aliphatic heterocycles. The molecule has 0 saturated carbocycles. The minimum Gasteiger partial charge on any atom is -0.450 e. The molecule has 78 valence electrons. The van der Waals surface area contributed by atoms with Gasteiger partial charge < -0.3 is 9.64 Å². The fourth-order valence-electron chi connectivity index (χ4n) is 0.669. The van der Waals surface area contributed by atoms with Crippen LogP contribution in [0.4, 0.5) is 4.79 Å². The zero-order chi connectivity index (χ0) is 11.0. The summed E-state index contributed by atoms with van der Waals surface area (Å²) >= 11 is 4.89. The molecule has 0 radical (unpaired) electrons. The van der Waals surface area contributed by atoms with E-state index in [4.69, 9.17) is 17.5 Å². The molecular weight excluding hydrogens is 202 g/mol. The van der Waals surface area contributed by atoms with Crippen LogP contribution in [-0.2, 0) is 4.74 Å². The van der Waals surface area contributed by atoms with Gasteiger partial charge in [0.25, 0.3) is 0 Å². The molecule has 0 bridgehead atoms. The number of alkyl carbamates (subject to hydrolysis) is 1. The fraction of sp³-hybridized carbons (Fsp3) is 0.625. The highest BCUT2D eigenvalue weighted by Gasteiger charge is 2.08. The molecule has 0 aromatic carbocycles. The number of rotatable bonds is 3. The van der Waals surface area contributed by atoms with Crippen molar-refractivity contribution in [2.45, 2.75) is 13.3 Å². The highest BCUT2D eigenvalue weighted by molar-refractivity contribution is 7.80. The second-order valence-corrected chi connectivity index (χ2v) is 2.87. The SMILES string of the molecule is CCOC(=O)NC(=S)N(C)CCC#N. The number of nitrogens with zero attached hydrogens (tertiary/aromatic N) is 2. The lowest BCUT2D eigenvalue weighted by molar-refractivity contribution is 0.157. The molecule has 0 saturated heterocycles. The Labute approximate surface area is 88.6 Å². The van der Waals surface area contributed by atoms with E-state index in [-0.39, 0.29) is 5.11 Å². The van der Waals surface area contributed by atoms with E-state index >= 15 is 0 Å². The van der Waals surface area contributed by atoms with Gasteiger partial charge in [-0.25, -0.2) is 4.79 Å². The second kappa shape index (κ2) is 7.09. The van der Waals surface area contributed by atoms with Crippen molar-refractivity contribution in [1.82, 2.24) is 10.2 Å². The first-order valence-corrected chi connectivity index (χ1v) is 4.58. The van der Waals surface area contributed by atoms with Crippen molar-refractivity contribution >= 4 is 23.4 Å². The molecule has 5 nitrogen and oxygen atoms in total. The fourth-order valence-corrected chi connectivity index (χ4v) is 0.844. The number of carbonyl (C=O) groups is 1. The van der Waals surface area contributed by atoms with Crippen LogP contribution < -0.4 is 5.32 Å². The average molecular weight is 215 g/mol. The molecule has 0 atom stereocenters. The lowest BCUT2D eigenvalue weighted by Gasteiger charge is -2.18. The van der Waals surface area contributed by atoms with Gasteiger partial charge in [0.15, 0.2) is 5.11 Å². The molecular formula is C8H13N3O2S. The summed E-state index contributed by atoms with van der Waals surface area (Å²) in [6, 6.07) is 1.99. The van der Waals surface area contributed by atoms with Crippen LogP contribution in [0.5, 0.6) is 0 Å². The van der Waals surface area contributed by atoms with Crippen LogP contribution >= 0.6 is 12.2 Å². The lowest BCUT2D eigenvalue weighted by Crippen LogP contribution is -2.41. The van der Waals surface area contributed by atoms with Gasteiger partial charge in [0.1, 0.15) is 0 Å². The van der Waals surface area contributed by atoms with Crippen LogP contribution in [0.25, 0.3) is 0 Å². The van der Waals surface area contributed by atoms with Gasteiger partial charge in [0.05, 0.1) is 19.1 Å². The Morgan fingerprint density at radius 2 is 2.36 bits per heavy atom. The molecule has 1 amide bonds. The quantitative estimate of drug-likeness (QED) is 0.707. The Hall–Kier alpha value is -1.35. The molecule has 0 aromatic rings. The predicted molar refractivity (Wildman–Crippen MR) is 55.6 cm³/mol. The van der Waals surface area contributed by atoms with Gasteiger partial charge in [0, 0.05) is 13.6 Å². The minimum absolute atomic E-state index is 0.263. The molecule has 0 aliphatic rings. The van der Waals surface area contributed by atoms with Crippen LogP contribution in [0.1, 0.15) is 13.3 Å². The van der Waals surface area contributed by atoms with Crippen LogP contribution in [0.15, 0.2) is 0 Å². The monoisotopic (exact) mass is 215 g/mol. The first-order valence-electron chi connectivity index (χ1n) is 4.17. The van der Waals surface area contributed by atoms with Crippen molar-refractivity contribution < 1.29 is 9.53 Å². The van der Waals surface area contributed by atoms with E-state index in [2.05, 4.69) is 10.1 Å². The summed E-state index contributed by atoms with van der Waals surface area (Å²) in [5.74, 6) is 0. The third kappa shape index (κ3) is 5.32. The molecule has 1 N–H and O–H groups in total. The largest absolute Gasteiger partial charge is 0.450 e. The van der Waals surface area contributed by atoms with Gasteiger partial charge in [-0.05, 0) is 19.1 Å². The summed E-state index contributed by atoms with van der Waals surface area (Å²) in [5, 5.41) is 11.0. The second-order valence-electron chi connectivity index (χ2n) is 2.48. The van der Waals surface area contributed by atoms with Crippen LogP contribution in [0.3, 0.4) is 0 Å². The molecule has 6 heteroatoms. The van der Waals surface area contributed by atoms with E-state index in [1.54, 1.807) is 18.9 Å². The standard InChI is InChI=1S/C8H13N3O2S/c1-3-13-8(12)10-7(14)11(2)6-4-5-9/h3-4,6H2,1-2H3,(H,10,12,14). The van der Waals surface area contributed by atoms with Crippen molar-refractivity contribution in [1.29, 1.82) is 5.26 Å². The summed E-state index contributed by atoms with van der Waals surface area (Å²) in [7, 11) is 1.70. The van der Waals surface area contributed by atoms with Crippen molar-refractivity contribution in [2.24, 2.45) is 0 Å². The van der Waals surface area contributed by atoms with Gasteiger partial charge in [-0.1, -0.05) is 0 Å². The Morgan fingerprint density at radius 3 is 2.86 bits per heavy atom. The van der Waals surface area contributed by atoms with Gasteiger partial charge in [-0.3, -0.25) is 5.32 Å². The highest BCUT2D eigenvalue weighted by Crippen LogP contribution is 1.89. The summed E-state index contributed by atoms with van der Waals surface area (Å²) in [4.78, 5) is 12.5. The Bertz CT molecular complexity index is 249. The maximum absolute atomic E-state index is 10.9. The van der Waals surface area contributed by atoms with Crippen molar-refractivity contribution in [2.75, 3.05) is 20.2 Å². The van der Waals surface area contributed by atoms with Crippen molar-refractivity contribution in [3.63, 3.8) is 0 Å². The molecule has 0 unspecified atom stereocenters. The number of carbonyl (C=O) groups excluding carboxylic acids is 1. The Morgan fingerprint density at radius 1 is 1.71 bits per heavy atom. The maximum atomic E-state index is 10.9. The summed E-state index contributed by atoms with van der Waals surface area (Å²) in [6.07, 6.45) is -0.206. The zero-order valence-electron chi connectivity index (χ0n) is 8.24. The van der Waals surface area contributed by atoms with Gasteiger partial charge in [0.2, 0.25) is 0 Å². The van der Waals surface area contributed by atoms with Crippen molar-refractivity contribution in [3.05, 3.63) is 0 Å². The number of ether oxygens (including phenoxy) is 1. The highest BCUT2D eigenvalue weighted by atomic mass is 32.1. The summed E-state index contributed by atoms with van der Waals surface area (Å²) in [5.41, 5.74) is 0. The van der Waals surface area contributed by atoms with E-state index in [0.29, 0.717) is 19.6 Å². The molecule has 0 rings (SSSR count). The Balaban J connectivity index is 3.84. The number of hydrogen-bond donors (Lipinski definition) is 1. The topological polar surface area (TPSA) is 65.4 Å². The third-order valence-electron chi connectivity index (χ3n) is 1.39. The summed E-state index contributed by atoms with van der Waals surface area (Å²) in [6.45, 7) is 2.50. The molecule has 0 spiro atoms.